The molecule has 8 heteroatoms. The number of aromatic nitrogens is 2. The monoisotopic (exact) mass is 365 g/mol. The van der Waals surface area contributed by atoms with Crippen LogP contribution in [0.25, 0.3) is 0 Å². The van der Waals surface area contributed by atoms with Crippen molar-refractivity contribution in [3.8, 4) is 0 Å². The predicted molar refractivity (Wildman–Crippen MR) is 90.0 cm³/mol. The van der Waals surface area contributed by atoms with E-state index in [4.69, 9.17) is 11.6 Å². The van der Waals surface area contributed by atoms with Crippen molar-refractivity contribution in [3.05, 3.63) is 58.4 Å². The van der Waals surface area contributed by atoms with Crippen molar-refractivity contribution >= 4 is 23.5 Å². The number of halogens is 2. The molecule has 132 valence electrons. The number of aliphatic carboxylic acids is 1. The first-order chi connectivity index (χ1) is 11.6. The van der Waals surface area contributed by atoms with Gasteiger partial charge in [-0.15, -0.1) is 0 Å². The van der Waals surface area contributed by atoms with Gasteiger partial charge in [-0.1, -0.05) is 37.6 Å². The van der Waals surface area contributed by atoms with E-state index in [0.717, 1.165) is 12.1 Å². The van der Waals surface area contributed by atoms with Crippen LogP contribution in [-0.2, 0) is 10.3 Å². The van der Waals surface area contributed by atoms with Crippen LogP contribution in [0.5, 0.6) is 0 Å². The molecule has 0 radical (unpaired) electrons. The second kappa shape index (κ2) is 7.14. The summed E-state index contributed by atoms with van der Waals surface area (Å²) < 4.78 is 13.1. The predicted octanol–water partition coefficient (Wildman–Crippen LogP) is 3.12. The Balaban J connectivity index is 2.40. The second-order valence-corrected chi connectivity index (χ2v) is 6.38. The van der Waals surface area contributed by atoms with Gasteiger partial charge >= 0.3 is 5.97 Å². The van der Waals surface area contributed by atoms with Crippen molar-refractivity contribution in [2.24, 2.45) is 0 Å². The summed E-state index contributed by atoms with van der Waals surface area (Å²) in [5.41, 5.74) is -1.68. The van der Waals surface area contributed by atoms with Gasteiger partial charge in [-0.05, 0) is 24.6 Å². The lowest BCUT2D eigenvalue weighted by molar-refractivity contribution is -0.144. The summed E-state index contributed by atoms with van der Waals surface area (Å²) in [7, 11) is 0. The number of carboxylic acid groups (broad SMARTS) is 1. The Labute approximate surface area is 149 Å². The van der Waals surface area contributed by atoms with E-state index < -0.39 is 23.2 Å². The summed E-state index contributed by atoms with van der Waals surface area (Å²) in [6.45, 7) is 5.01. The largest absolute Gasteiger partial charge is 0.479 e. The molecule has 2 aromatic rings. The minimum atomic E-state index is -1.78. The van der Waals surface area contributed by atoms with Gasteiger partial charge in [0.2, 0.25) is 0 Å². The average Bonchev–Trinajstić information content (AvgIpc) is 2.55. The fourth-order valence-electron chi connectivity index (χ4n) is 2.14. The average molecular weight is 366 g/mol. The molecule has 1 unspecified atom stereocenters. The van der Waals surface area contributed by atoms with E-state index in [1.54, 1.807) is 0 Å². The maximum absolute atomic E-state index is 13.1. The molecule has 25 heavy (non-hydrogen) atoms. The van der Waals surface area contributed by atoms with E-state index >= 15 is 0 Å². The summed E-state index contributed by atoms with van der Waals surface area (Å²) >= 11 is 5.99. The fourth-order valence-corrected chi connectivity index (χ4v) is 2.31. The quantitative estimate of drug-likeness (QED) is 0.849. The number of rotatable bonds is 5. The van der Waals surface area contributed by atoms with Crippen LogP contribution in [0.4, 0.5) is 4.39 Å². The highest BCUT2D eigenvalue weighted by Gasteiger charge is 2.38. The topological polar surface area (TPSA) is 92.2 Å². The van der Waals surface area contributed by atoms with E-state index in [9.17, 15) is 19.1 Å². The van der Waals surface area contributed by atoms with Crippen LogP contribution >= 0.6 is 11.6 Å². The van der Waals surface area contributed by atoms with Crippen molar-refractivity contribution < 1.29 is 19.1 Å². The number of carbonyl (C=O) groups excluding carboxylic acids is 1. The molecule has 0 aliphatic carbocycles. The summed E-state index contributed by atoms with van der Waals surface area (Å²) in [6.07, 6.45) is 1.30. The summed E-state index contributed by atoms with van der Waals surface area (Å²) in [6, 6.07) is 4.84. The molecule has 6 nitrogen and oxygen atoms in total. The number of carboxylic acids is 1. The Morgan fingerprint density at radius 2 is 1.88 bits per heavy atom. The zero-order valence-corrected chi connectivity index (χ0v) is 14.6. The summed E-state index contributed by atoms with van der Waals surface area (Å²) in [5, 5.41) is 12.0. The van der Waals surface area contributed by atoms with Gasteiger partial charge in [0, 0.05) is 5.92 Å². The number of hydrogen-bond donors (Lipinski definition) is 2. The Kier molecular flexibility index (Phi) is 5.37. The SMILES string of the molecule is CC(C)c1ncc(Cl)c(C(=O)NC(C)(C(=O)O)c2ccc(F)cc2)n1. The Morgan fingerprint density at radius 1 is 1.28 bits per heavy atom. The lowest BCUT2D eigenvalue weighted by Gasteiger charge is -2.26. The van der Waals surface area contributed by atoms with Gasteiger partial charge in [0.1, 0.15) is 17.3 Å². The van der Waals surface area contributed by atoms with Crippen LogP contribution in [0.1, 0.15) is 48.6 Å². The Bertz CT molecular complexity index is 811. The molecule has 0 spiro atoms. The number of benzene rings is 1. The molecule has 1 amide bonds. The minimum Gasteiger partial charge on any atom is -0.479 e. The standard InChI is InChI=1S/C17H17ClFN3O3/c1-9(2)14-20-8-12(18)13(21-14)15(23)22-17(3,16(24)25)10-4-6-11(19)7-5-10/h4-9H,1-3H3,(H,22,23)(H,24,25). The highest BCUT2D eigenvalue weighted by atomic mass is 35.5. The number of nitrogens with zero attached hydrogens (tertiary/aromatic N) is 2. The third-order valence-corrected chi connectivity index (χ3v) is 3.98. The maximum Gasteiger partial charge on any atom is 0.333 e. The van der Waals surface area contributed by atoms with Gasteiger partial charge in [-0.25, -0.2) is 19.2 Å². The van der Waals surface area contributed by atoms with Crippen molar-refractivity contribution in [1.82, 2.24) is 15.3 Å². The Morgan fingerprint density at radius 3 is 2.40 bits per heavy atom. The third-order valence-electron chi connectivity index (χ3n) is 3.71. The van der Waals surface area contributed by atoms with E-state index in [1.807, 2.05) is 13.8 Å². The molecule has 1 aromatic heterocycles. The van der Waals surface area contributed by atoms with E-state index in [0.29, 0.717) is 5.82 Å². The van der Waals surface area contributed by atoms with Crippen molar-refractivity contribution in [1.29, 1.82) is 0 Å². The molecule has 2 rings (SSSR count). The molecule has 2 N–H and O–H groups in total. The van der Waals surface area contributed by atoms with Crippen LogP contribution in [0.2, 0.25) is 5.02 Å². The number of carbonyl (C=O) groups is 2. The summed E-state index contributed by atoms with van der Waals surface area (Å²) in [4.78, 5) is 32.5. The first kappa shape index (κ1) is 18.8. The van der Waals surface area contributed by atoms with Gasteiger partial charge in [-0.3, -0.25) is 4.79 Å². The van der Waals surface area contributed by atoms with E-state index in [2.05, 4.69) is 15.3 Å². The van der Waals surface area contributed by atoms with Crippen molar-refractivity contribution in [2.45, 2.75) is 32.2 Å². The Hall–Kier alpha value is -2.54. The molecule has 1 aromatic carbocycles. The molecule has 1 atom stereocenters. The molecule has 0 fully saturated rings. The normalized spacial score (nSPS) is 13.4. The second-order valence-electron chi connectivity index (χ2n) is 5.97. The van der Waals surface area contributed by atoms with Crippen LogP contribution in [0.3, 0.4) is 0 Å². The molecule has 0 aliphatic heterocycles. The summed E-state index contributed by atoms with van der Waals surface area (Å²) in [5.74, 6) is -2.20. The first-order valence-electron chi connectivity index (χ1n) is 7.49. The van der Waals surface area contributed by atoms with Crippen molar-refractivity contribution in [2.75, 3.05) is 0 Å². The van der Waals surface area contributed by atoms with Crippen LogP contribution < -0.4 is 5.32 Å². The van der Waals surface area contributed by atoms with Crippen LogP contribution in [0.15, 0.2) is 30.5 Å². The molecular weight excluding hydrogens is 349 g/mol. The minimum absolute atomic E-state index is 0.00810. The molecule has 0 saturated carbocycles. The van der Waals surface area contributed by atoms with E-state index in [-0.39, 0.29) is 22.2 Å². The zero-order valence-electron chi connectivity index (χ0n) is 13.9. The molecule has 1 heterocycles. The van der Waals surface area contributed by atoms with Crippen LogP contribution in [0, 0.1) is 5.82 Å². The number of nitrogens with one attached hydrogen (secondary N) is 1. The van der Waals surface area contributed by atoms with Gasteiger partial charge in [0.25, 0.3) is 5.91 Å². The van der Waals surface area contributed by atoms with Gasteiger partial charge in [0.15, 0.2) is 5.54 Å². The van der Waals surface area contributed by atoms with Crippen LogP contribution in [-0.4, -0.2) is 27.0 Å². The molecule has 0 bridgehead atoms. The van der Waals surface area contributed by atoms with E-state index in [1.165, 1.54) is 25.3 Å². The van der Waals surface area contributed by atoms with Crippen molar-refractivity contribution in [3.63, 3.8) is 0 Å². The number of amides is 1. The molecule has 0 aliphatic rings. The highest BCUT2D eigenvalue weighted by Crippen LogP contribution is 2.24. The molecular formula is C17H17ClFN3O3. The lowest BCUT2D eigenvalue weighted by atomic mass is 9.92. The maximum atomic E-state index is 13.1. The van der Waals surface area contributed by atoms with Gasteiger partial charge in [0.05, 0.1) is 11.2 Å². The third kappa shape index (κ3) is 3.93. The van der Waals surface area contributed by atoms with Gasteiger partial charge < -0.3 is 10.4 Å². The number of hydrogen-bond acceptors (Lipinski definition) is 4. The smallest absolute Gasteiger partial charge is 0.333 e. The zero-order chi connectivity index (χ0) is 18.8. The lowest BCUT2D eigenvalue weighted by Crippen LogP contribution is -2.49. The van der Waals surface area contributed by atoms with Gasteiger partial charge in [-0.2, -0.15) is 0 Å². The first-order valence-corrected chi connectivity index (χ1v) is 7.87. The highest BCUT2D eigenvalue weighted by molar-refractivity contribution is 6.33. The fraction of sp³-hybridized carbons (Fsp3) is 0.294. The molecule has 0 saturated heterocycles.